The molecule has 1 saturated heterocycles. The molecule has 4 rings (SSSR count). The van der Waals surface area contributed by atoms with Crippen LogP contribution in [0.3, 0.4) is 0 Å². The zero-order valence-corrected chi connectivity index (χ0v) is 16.0. The summed E-state index contributed by atoms with van der Waals surface area (Å²) in [5.41, 5.74) is 1.02. The third-order valence-electron chi connectivity index (χ3n) is 3.90. The quantitative estimate of drug-likeness (QED) is 0.197. The van der Waals surface area contributed by atoms with E-state index >= 15 is 0 Å². The van der Waals surface area contributed by atoms with Crippen LogP contribution in [0.2, 0.25) is 5.02 Å². The first-order chi connectivity index (χ1) is 12.5. The van der Waals surface area contributed by atoms with Crippen molar-refractivity contribution in [2.24, 2.45) is 5.11 Å². The van der Waals surface area contributed by atoms with Crippen LogP contribution in [0.1, 0.15) is 0 Å². The van der Waals surface area contributed by atoms with Crippen LogP contribution in [0.5, 0.6) is 0 Å². The Bertz CT molecular complexity index is 982. The minimum absolute atomic E-state index is 0.00797. The highest BCUT2D eigenvalue weighted by Crippen LogP contribution is 2.36. The van der Waals surface area contributed by atoms with Gasteiger partial charge in [0.1, 0.15) is 5.57 Å². The molecule has 0 saturated carbocycles. The molecule has 2 amide bonds. The summed E-state index contributed by atoms with van der Waals surface area (Å²) in [5.74, 6) is -1.11. The van der Waals surface area contributed by atoms with E-state index in [1.807, 2.05) is 11.5 Å². The smallest absolute Gasteiger partial charge is 0.270 e. The van der Waals surface area contributed by atoms with Crippen LogP contribution >= 0.6 is 47.4 Å². The summed E-state index contributed by atoms with van der Waals surface area (Å²) >= 11 is 18.6. The first-order valence-corrected chi connectivity index (χ1v) is 9.37. The number of fused-ring (bicyclic) bond motifs is 1. The summed E-state index contributed by atoms with van der Waals surface area (Å²) < 4.78 is 1.70. The Hall–Kier alpha value is -2.00. The van der Waals surface area contributed by atoms with Crippen molar-refractivity contribution < 1.29 is 13.7 Å². The molecule has 1 aromatic rings. The van der Waals surface area contributed by atoms with E-state index in [1.54, 1.807) is 28.4 Å². The van der Waals surface area contributed by atoms with Gasteiger partial charge in [-0.2, -0.15) is 0 Å². The molecular formula is C16H9Cl2N4O2S2+. The number of nitrogens with one attached hydrogen (secondary N) is 1. The van der Waals surface area contributed by atoms with Crippen molar-refractivity contribution in [2.45, 2.75) is 6.04 Å². The summed E-state index contributed by atoms with van der Waals surface area (Å²) in [7, 11) is 0. The number of amides is 2. The van der Waals surface area contributed by atoms with Crippen LogP contribution in [0.25, 0.3) is 0 Å². The molecule has 0 aromatic heterocycles. The van der Waals surface area contributed by atoms with Crippen LogP contribution < -0.4 is 10.2 Å². The first kappa shape index (κ1) is 17.4. The van der Waals surface area contributed by atoms with E-state index in [4.69, 9.17) is 35.4 Å². The summed E-state index contributed by atoms with van der Waals surface area (Å²) in [5, 5.41) is 9.37. The second kappa shape index (κ2) is 6.62. The molecule has 0 radical (unpaired) electrons. The fraction of sp³-hybridized carbons (Fsp3) is 0.0625. The van der Waals surface area contributed by atoms with Crippen molar-refractivity contribution in [3.63, 3.8) is 0 Å². The highest BCUT2D eigenvalue weighted by molar-refractivity contribution is 7.96. The van der Waals surface area contributed by atoms with Gasteiger partial charge in [0.25, 0.3) is 11.8 Å². The van der Waals surface area contributed by atoms with Gasteiger partial charge in [-0.25, -0.2) is 0 Å². The first-order valence-electron chi connectivity index (χ1n) is 7.37. The number of azo groups is 1. The highest BCUT2D eigenvalue weighted by Gasteiger charge is 2.41. The zero-order valence-electron chi connectivity index (χ0n) is 12.8. The average molecular weight is 424 g/mol. The van der Waals surface area contributed by atoms with Gasteiger partial charge in [0, 0.05) is 21.6 Å². The fourth-order valence-electron chi connectivity index (χ4n) is 2.67. The Morgan fingerprint density at radius 1 is 1.27 bits per heavy atom. The molecule has 1 N–H and O–H groups in total. The van der Waals surface area contributed by atoms with E-state index < -0.39 is 11.8 Å². The summed E-state index contributed by atoms with van der Waals surface area (Å²) in [4.78, 5) is 26.6. The molecule has 3 heterocycles. The Balaban J connectivity index is 1.72. The number of hydrogen-bond donors (Lipinski definition) is 1. The molecule has 1 fully saturated rings. The maximum Gasteiger partial charge on any atom is 0.270 e. The minimum Gasteiger partial charge on any atom is -0.298 e. The van der Waals surface area contributed by atoms with Crippen LogP contribution in [0.4, 0.5) is 5.69 Å². The van der Waals surface area contributed by atoms with Gasteiger partial charge < -0.3 is 0 Å². The standard InChI is InChI=1S/C16H8Cl2N4O2S2/c17-8-1-3-9(4-2-8)21-15(24)11(14(23)19-16(21)25)7-10-12-5-6-26-22(12)20-13(10)18/h1-7,12H/p+1. The monoisotopic (exact) mass is 423 g/mol. The number of benzene rings is 1. The van der Waals surface area contributed by atoms with Crippen LogP contribution in [-0.4, -0.2) is 27.1 Å². The normalized spacial score (nSPS) is 23.7. The number of thiocarbonyl (C=S) groups is 1. The molecule has 3 aliphatic rings. The Morgan fingerprint density at radius 2 is 2.00 bits per heavy atom. The third kappa shape index (κ3) is 2.88. The SMILES string of the molecule is O=C1NC(=S)N(c2ccc(Cl)cc2)C(=O)C1=CC1=C(Cl)N=[N+]2SC=CC12. The fourth-order valence-corrected chi connectivity index (χ4v) is 4.16. The molecule has 0 bridgehead atoms. The van der Waals surface area contributed by atoms with Crippen molar-refractivity contribution >= 4 is 70.0 Å². The van der Waals surface area contributed by atoms with E-state index in [0.29, 0.717) is 16.3 Å². The predicted molar refractivity (Wildman–Crippen MR) is 104 cm³/mol. The average Bonchev–Trinajstić information content (AvgIpc) is 3.14. The van der Waals surface area contributed by atoms with Gasteiger partial charge in [0.05, 0.1) is 11.3 Å². The highest BCUT2D eigenvalue weighted by atomic mass is 35.5. The largest absolute Gasteiger partial charge is 0.298 e. The lowest BCUT2D eigenvalue weighted by Crippen LogP contribution is -2.54. The van der Waals surface area contributed by atoms with Gasteiger partial charge >= 0.3 is 0 Å². The number of carbonyl (C=O) groups excluding carboxylic acids is 2. The van der Waals surface area contributed by atoms with Crippen molar-refractivity contribution in [1.29, 1.82) is 0 Å². The Morgan fingerprint density at radius 3 is 2.73 bits per heavy atom. The van der Waals surface area contributed by atoms with E-state index in [0.717, 1.165) is 0 Å². The van der Waals surface area contributed by atoms with Crippen LogP contribution in [-0.2, 0) is 9.59 Å². The molecule has 3 aliphatic heterocycles. The zero-order chi connectivity index (χ0) is 18.4. The topological polar surface area (TPSA) is 64.8 Å². The van der Waals surface area contributed by atoms with Gasteiger partial charge in [-0.3, -0.25) is 19.8 Å². The van der Waals surface area contributed by atoms with E-state index in [9.17, 15) is 9.59 Å². The summed E-state index contributed by atoms with van der Waals surface area (Å²) in [6.07, 6.45) is 3.36. The number of halogens is 2. The third-order valence-corrected chi connectivity index (χ3v) is 5.53. The summed E-state index contributed by atoms with van der Waals surface area (Å²) in [6.45, 7) is 0. The molecule has 0 aliphatic carbocycles. The van der Waals surface area contributed by atoms with Crippen molar-refractivity contribution in [3.8, 4) is 0 Å². The second-order valence-corrected chi connectivity index (χ2v) is 7.50. The molecule has 26 heavy (non-hydrogen) atoms. The number of carbonyl (C=O) groups is 2. The Labute approximate surface area is 168 Å². The predicted octanol–water partition coefficient (Wildman–Crippen LogP) is 3.49. The number of rotatable bonds is 2. The van der Waals surface area contributed by atoms with E-state index in [2.05, 4.69) is 10.4 Å². The minimum atomic E-state index is -0.574. The van der Waals surface area contributed by atoms with Gasteiger partial charge in [0.15, 0.2) is 5.11 Å². The maximum atomic E-state index is 13.0. The van der Waals surface area contributed by atoms with Crippen LogP contribution in [0.15, 0.2) is 63.2 Å². The second-order valence-electron chi connectivity index (χ2n) is 5.46. The molecule has 1 unspecified atom stereocenters. The van der Waals surface area contributed by atoms with Crippen molar-refractivity contribution in [2.75, 3.05) is 4.90 Å². The lowest BCUT2D eigenvalue weighted by atomic mass is 10.0. The Kier molecular flexibility index (Phi) is 4.44. The molecule has 10 heteroatoms. The molecule has 6 nitrogen and oxygen atoms in total. The van der Waals surface area contributed by atoms with Gasteiger partial charge in [-0.15, -0.1) is 0 Å². The van der Waals surface area contributed by atoms with Crippen LogP contribution in [0, 0.1) is 0 Å². The van der Waals surface area contributed by atoms with Gasteiger partial charge in [-0.05, 0) is 46.7 Å². The van der Waals surface area contributed by atoms with Gasteiger partial charge in [0.2, 0.25) is 23.1 Å². The molecule has 1 aromatic carbocycles. The van der Waals surface area contributed by atoms with Crippen molar-refractivity contribution in [3.05, 3.63) is 63.2 Å². The number of nitrogens with zero attached hydrogens (tertiary/aromatic N) is 3. The number of anilines is 1. The molecular weight excluding hydrogens is 415 g/mol. The number of hydrogen-bond acceptors (Lipinski definition) is 5. The lowest BCUT2D eigenvalue weighted by Gasteiger charge is -2.29. The van der Waals surface area contributed by atoms with E-state index in [1.165, 1.54) is 22.9 Å². The molecule has 0 spiro atoms. The molecule has 1 atom stereocenters. The molecule has 130 valence electrons. The van der Waals surface area contributed by atoms with Crippen molar-refractivity contribution in [1.82, 2.24) is 5.32 Å². The maximum absolute atomic E-state index is 13.0. The van der Waals surface area contributed by atoms with E-state index in [-0.39, 0.29) is 21.9 Å². The van der Waals surface area contributed by atoms with Gasteiger partial charge in [-0.1, -0.05) is 23.2 Å². The summed E-state index contributed by atoms with van der Waals surface area (Å²) in [6, 6.07) is 6.37. The lowest BCUT2D eigenvalue weighted by molar-refractivity contribution is -0.429.